The highest BCUT2D eigenvalue weighted by atomic mass is 32.1. The minimum Gasteiger partial charge on any atom is -0.366 e. The minimum atomic E-state index is -0.526. The number of thiazole rings is 1. The van der Waals surface area contributed by atoms with E-state index in [1.807, 2.05) is 19.2 Å². The number of urea groups is 1. The first-order valence-electron chi connectivity index (χ1n) is 6.70. The van der Waals surface area contributed by atoms with Crippen LogP contribution in [0.2, 0.25) is 0 Å². The van der Waals surface area contributed by atoms with Gasteiger partial charge in [0, 0.05) is 23.7 Å². The summed E-state index contributed by atoms with van der Waals surface area (Å²) in [6, 6.07) is 4.70. The van der Waals surface area contributed by atoms with E-state index in [9.17, 15) is 9.59 Å². The Labute approximate surface area is 133 Å². The number of amides is 3. The predicted octanol–water partition coefficient (Wildman–Crippen LogP) is 2.52. The van der Waals surface area contributed by atoms with E-state index in [0.29, 0.717) is 17.8 Å². The zero-order chi connectivity index (χ0) is 16.3. The van der Waals surface area contributed by atoms with Crippen LogP contribution in [0.1, 0.15) is 26.6 Å². The Balaban J connectivity index is 2.07. The summed E-state index contributed by atoms with van der Waals surface area (Å²) < 4.78 is 0. The van der Waals surface area contributed by atoms with Crippen LogP contribution in [-0.2, 0) is 6.54 Å². The molecule has 6 nitrogen and oxygen atoms in total. The largest absolute Gasteiger partial charge is 0.366 e. The Morgan fingerprint density at radius 1 is 1.36 bits per heavy atom. The lowest BCUT2D eigenvalue weighted by Gasteiger charge is -2.18. The molecule has 0 fully saturated rings. The van der Waals surface area contributed by atoms with Crippen molar-refractivity contribution in [1.82, 2.24) is 9.88 Å². The molecule has 1 aromatic heterocycles. The Hall–Kier alpha value is -2.41. The van der Waals surface area contributed by atoms with Gasteiger partial charge in [0.25, 0.3) is 0 Å². The SMILES string of the molecule is Cc1nc(CN(C)C(=O)Nc2cc(C(N)=O)ccc2C)cs1. The maximum absolute atomic E-state index is 12.2. The number of anilines is 1. The Morgan fingerprint density at radius 2 is 2.09 bits per heavy atom. The zero-order valence-electron chi connectivity index (χ0n) is 12.7. The van der Waals surface area contributed by atoms with Crippen molar-refractivity contribution in [3.63, 3.8) is 0 Å². The van der Waals surface area contributed by atoms with Crippen molar-refractivity contribution >= 4 is 29.0 Å². The van der Waals surface area contributed by atoms with Gasteiger partial charge < -0.3 is 16.0 Å². The molecular formula is C15H18N4O2S. The number of nitrogens with zero attached hydrogens (tertiary/aromatic N) is 2. The second-order valence-corrected chi connectivity index (χ2v) is 6.10. The van der Waals surface area contributed by atoms with Crippen LogP contribution in [-0.4, -0.2) is 28.9 Å². The fraction of sp³-hybridized carbons (Fsp3) is 0.267. The van der Waals surface area contributed by atoms with E-state index in [4.69, 9.17) is 5.73 Å². The van der Waals surface area contributed by atoms with E-state index in [2.05, 4.69) is 10.3 Å². The molecule has 0 bridgehead atoms. The fourth-order valence-electron chi connectivity index (χ4n) is 1.92. The average molecular weight is 318 g/mol. The zero-order valence-corrected chi connectivity index (χ0v) is 13.5. The molecule has 0 aliphatic carbocycles. The van der Waals surface area contributed by atoms with E-state index in [0.717, 1.165) is 16.3 Å². The van der Waals surface area contributed by atoms with Crippen molar-refractivity contribution < 1.29 is 9.59 Å². The molecule has 0 aliphatic heterocycles. The van der Waals surface area contributed by atoms with E-state index in [1.54, 1.807) is 36.6 Å². The lowest BCUT2D eigenvalue weighted by Crippen LogP contribution is -2.31. The van der Waals surface area contributed by atoms with Crippen molar-refractivity contribution in [1.29, 1.82) is 0 Å². The summed E-state index contributed by atoms with van der Waals surface area (Å²) in [6.45, 7) is 4.20. The maximum Gasteiger partial charge on any atom is 0.321 e. The van der Waals surface area contributed by atoms with Crippen molar-refractivity contribution in [2.45, 2.75) is 20.4 Å². The molecule has 0 saturated heterocycles. The van der Waals surface area contributed by atoms with E-state index < -0.39 is 5.91 Å². The number of primary amides is 1. The molecule has 1 aromatic carbocycles. The monoisotopic (exact) mass is 318 g/mol. The van der Waals surface area contributed by atoms with Gasteiger partial charge in [0.2, 0.25) is 5.91 Å². The topological polar surface area (TPSA) is 88.3 Å². The summed E-state index contributed by atoms with van der Waals surface area (Å²) in [6.07, 6.45) is 0. The standard InChI is InChI=1S/C15H18N4O2S/c1-9-4-5-11(14(16)20)6-13(9)18-15(21)19(3)7-12-8-22-10(2)17-12/h4-6,8H,7H2,1-3H3,(H2,16,20)(H,18,21). The molecule has 2 rings (SSSR count). The third kappa shape index (κ3) is 3.82. The van der Waals surface area contributed by atoms with Crippen LogP contribution in [0.4, 0.5) is 10.5 Å². The lowest BCUT2D eigenvalue weighted by molar-refractivity contribution is 0.1000. The number of hydrogen-bond acceptors (Lipinski definition) is 4. The van der Waals surface area contributed by atoms with Crippen LogP contribution < -0.4 is 11.1 Å². The molecule has 0 radical (unpaired) electrons. The highest BCUT2D eigenvalue weighted by molar-refractivity contribution is 7.09. The van der Waals surface area contributed by atoms with Gasteiger partial charge in [-0.2, -0.15) is 0 Å². The van der Waals surface area contributed by atoms with Gasteiger partial charge in [-0.05, 0) is 31.5 Å². The molecule has 2 aromatic rings. The summed E-state index contributed by atoms with van der Waals surface area (Å²) in [5, 5.41) is 5.68. The van der Waals surface area contributed by atoms with Crippen LogP contribution in [0.3, 0.4) is 0 Å². The first kappa shape index (κ1) is 16.0. The molecule has 22 heavy (non-hydrogen) atoms. The van der Waals surface area contributed by atoms with Crippen LogP contribution in [0.25, 0.3) is 0 Å². The van der Waals surface area contributed by atoms with Gasteiger partial charge >= 0.3 is 6.03 Å². The van der Waals surface area contributed by atoms with Crippen LogP contribution in [0.5, 0.6) is 0 Å². The molecule has 0 saturated carbocycles. The summed E-state index contributed by atoms with van der Waals surface area (Å²) in [4.78, 5) is 29.3. The fourth-order valence-corrected chi connectivity index (χ4v) is 2.52. The maximum atomic E-state index is 12.2. The van der Waals surface area contributed by atoms with Crippen molar-refractivity contribution in [3.05, 3.63) is 45.4 Å². The number of aromatic nitrogens is 1. The first-order chi connectivity index (χ1) is 10.4. The van der Waals surface area contributed by atoms with Gasteiger partial charge in [-0.1, -0.05) is 6.07 Å². The molecule has 3 N–H and O–H groups in total. The second kappa shape index (κ2) is 6.57. The van der Waals surface area contributed by atoms with Gasteiger partial charge in [0.1, 0.15) is 0 Å². The lowest BCUT2D eigenvalue weighted by atomic mass is 10.1. The quantitative estimate of drug-likeness (QED) is 0.908. The summed E-state index contributed by atoms with van der Waals surface area (Å²) in [5.41, 5.74) is 7.90. The van der Waals surface area contributed by atoms with Gasteiger partial charge in [0.15, 0.2) is 0 Å². The van der Waals surface area contributed by atoms with Crippen LogP contribution >= 0.6 is 11.3 Å². The van der Waals surface area contributed by atoms with Gasteiger partial charge in [0.05, 0.1) is 17.2 Å². The third-order valence-corrected chi connectivity index (χ3v) is 4.00. The van der Waals surface area contributed by atoms with Crippen molar-refractivity contribution in [3.8, 4) is 0 Å². The molecule has 3 amide bonds. The van der Waals surface area contributed by atoms with Gasteiger partial charge in [-0.15, -0.1) is 11.3 Å². The number of rotatable bonds is 4. The summed E-state index contributed by atoms with van der Waals surface area (Å²) in [5.74, 6) is -0.526. The smallest absolute Gasteiger partial charge is 0.321 e. The number of nitrogens with one attached hydrogen (secondary N) is 1. The number of hydrogen-bond donors (Lipinski definition) is 2. The number of carbonyl (C=O) groups excluding carboxylic acids is 2. The number of nitrogens with two attached hydrogens (primary N) is 1. The average Bonchev–Trinajstić information content (AvgIpc) is 2.86. The molecule has 1 heterocycles. The van der Waals surface area contributed by atoms with Crippen LogP contribution in [0.15, 0.2) is 23.6 Å². The van der Waals surface area contributed by atoms with Crippen LogP contribution in [0, 0.1) is 13.8 Å². The molecule has 0 unspecified atom stereocenters. The summed E-state index contributed by atoms with van der Waals surface area (Å²) in [7, 11) is 1.69. The molecule has 0 atom stereocenters. The Bertz CT molecular complexity index is 711. The first-order valence-corrected chi connectivity index (χ1v) is 7.58. The minimum absolute atomic E-state index is 0.268. The van der Waals surface area contributed by atoms with E-state index in [-0.39, 0.29) is 6.03 Å². The number of carbonyl (C=O) groups is 2. The van der Waals surface area contributed by atoms with E-state index >= 15 is 0 Å². The van der Waals surface area contributed by atoms with Crippen molar-refractivity contribution in [2.75, 3.05) is 12.4 Å². The molecule has 7 heteroatoms. The Morgan fingerprint density at radius 3 is 2.68 bits per heavy atom. The third-order valence-electron chi connectivity index (χ3n) is 3.18. The molecule has 0 spiro atoms. The predicted molar refractivity (Wildman–Crippen MR) is 87.0 cm³/mol. The molecule has 0 aliphatic rings. The molecular weight excluding hydrogens is 300 g/mol. The van der Waals surface area contributed by atoms with Gasteiger partial charge in [-0.3, -0.25) is 4.79 Å². The van der Waals surface area contributed by atoms with Crippen molar-refractivity contribution in [2.24, 2.45) is 5.73 Å². The second-order valence-electron chi connectivity index (χ2n) is 5.04. The highest BCUT2D eigenvalue weighted by Gasteiger charge is 2.13. The number of aryl methyl sites for hydroxylation is 2. The molecule has 116 valence electrons. The Kier molecular flexibility index (Phi) is 4.77. The highest BCUT2D eigenvalue weighted by Crippen LogP contribution is 2.18. The van der Waals surface area contributed by atoms with Gasteiger partial charge in [-0.25, -0.2) is 9.78 Å². The normalized spacial score (nSPS) is 10.3. The van der Waals surface area contributed by atoms with E-state index in [1.165, 1.54) is 4.90 Å². The summed E-state index contributed by atoms with van der Waals surface area (Å²) >= 11 is 1.55. The number of benzene rings is 1.